The number of benzene rings is 3. The van der Waals surface area contributed by atoms with Crippen molar-refractivity contribution in [3.05, 3.63) is 113 Å². The molecule has 0 amide bonds. The normalized spacial score (nSPS) is 11.5. The first-order chi connectivity index (χ1) is 15.3. The van der Waals surface area contributed by atoms with Crippen molar-refractivity contribution in [3.8, 4) is 0 Å². The number of hydrogen-bond acceptors (Lipinski definition) is 1. The molecule has 0 aliphatic rings. The highest BCUT2D eigenvalue weighted by molar-refractivity contribution is 5.81. The van der Waals surface area contributed by atoms with Crippen molar-refractivity contribution < 1.29 is 0 Å². The molecule has 0 unspecified atom stereocenters. The van der Waals surface area contributed by atoms with Crippen LogP contribution >= 0.6 is 0 Å². The lowest BCUT2D eigenvalue weighted by atomic mass is 9.93. The van der Waals surface area contributed by atoms with Gasteiger partial charge in [0.15, 0.2) is 0 Å². The SMILES string of the molecule is Cc1ccc(C(=C/C=C/c2ccc(NC(C(C)C)C(C)C)cc2)c2ccc(C)cc2)cc1. The number of allylic oxidation sites excluding steroid dienone is 2. The topological polar surface area (TPSA) is 12.0 Å². The number of aryl methyl sites for hydroxylation is 2. The Balaban J connectivity index is 1.81. The van der Waals surface area contributed by atoms with E-state index < -0.39 is 0 Å². The van der Waals surface area contributed by atoms with Crippen LogP contribution < -0.4 is 5.32 Å². The van der Waals surface area contributed by atoms with E-state index in [9.17, 15) is 0 Å². The molecule has 0 radical (unpaired) electrons. The van der Waals surface area contributed by atoms with Gasteiger partial charge in [-0.25, -0.2) is 0 Å². The van der Waals surface area contributed by atoms with E-state index in [1.165, 1.54) is 39.1 Å². The van der Waals surface area contributed by atoms with E-state index in [0.29, 0.717) is 17.9 Å². The van der Waals surface area contributed by atoms with Crippen molar-refractivity contribution in [2.45, 2.75) is 47.6 Å². The predicted molar refractivity (Wildman–Crippen MR) is 142 cm³/mol. The zero-order chi connectivity index (χ0) is 23.1. The van der Waals surface area contributed by atoms with Gasteiger partial charge >= 0.3 is 0 Å². The molecule has 0 fully saturated rings. The Hall–Kier alpha value is -3.06. The summed E-state index contributed by atoms with van der Waals surface area (Å²) in [7, 11) is 0. The molecule has 0 saturated heterocycles. The maximum Gasteiger partial charge on any atom is 0.0342 e. The third-order valence-corrected chi connectivity index (χ3v) is 5.96. The minimum absolute atomic E-state index is 0.478. The lowest BCUT2D eigenvalue weighted by Crippen LogP contribution is -2.30. The minimum Gasteiger partial charge on any atom is -0.382 e. The highest BCUT2D eigenvalue weighted by atomic mass is 14.9. The van der Waals surface area contributed by atoms with Crippen molar-refractivity contribution in [1.29, 1.82) is 0 Å². The summed E-state index contributed by atoms with van der Waals surface area (Å²) in [6, 6.07) is 26.7. The molecule has 166 valence electrons. The molecule has 0 atom stereocenters. The van der Waals surface area contributed by atoms with Gasteiger partial charge in [0.2, 0.25) is 0 Å². The minimum atomic E-state index is 0.478. The summed E-state index contributed by atoms with van der Waals surface area (Å²) in [4.78, 5) is 0. The van der Waals surface area contributed by atoms with Crippen LogP contribution in [0.25, 0.3) is 11.6 Å². The van der Waals surface area contributed by atoms with Crippen LogP contribution in [0.5, 0.6) is 0 Å². The molecule has 0 bridgehead atoms. The van der Waals surface area contributed by atoms with Crippen LogP contribution in [0.2, 0.25) is 0 Å². The van der Waals surface area contributed by atoms with E-state index in [2.05, 4.69) is 138 Å². The number of anilines is 1. The largest absolute Gasteiger partial charge is 0.382 e. The van der Waals surface area contributed by atoms with Gasteiger partial charge in [0.1, 0.15) is 0 Å². The van der Waals surface area contributed by atoms with Gasteiger partial charge in [0.05, 0.1) is 0 Å². The van der Waals surface area contributed by atoms with Gasteiger partial charge in [-0.2, -0.15) is 0 Å². The van der Waals surface area contributed by atoms with Crippen LogP contribution in [0.15, 0.2) is 84.9 Å². The molecule has 1 N–H and O–H groups in total. The smallest absolute Gasteiger partial charge is 0.0342 e. The Morgan fingerprint density at radius 2 is 1.12 bits per heavy atom. The molecule has 1 heteroatoms. The second kappa shape index (κ2) is 11.0. The van der Waals surface area contributed by atoms with Gasteiger partial charge in [0, 0.05) is 11.7 Å². The van der Waals surface area contributed by atoms with Crippen molar-refractivity contribution in [2.75, 3.05) is 5.32 Å². The molecule has 3 rings (SSSR count). The van der Waals surface area contributed by atoms with Crippen molar-refractivity contribution in [1.82, 2.24) is 0 Å². The molecule has 0 heterocycles. The second-order valence-electron chi connectivity index (χ2n) is 9.45. The average Bonchev–Trinajstić information content (AvgIpc) is 2.77. The number of hydrogen-bond donors (Lipinski definition) is 1. The van der Waals surface area contributed by atoms with Crippen LogP contribution in [0.4, 0.5) is 5.69 Å². The summed E-state index contributed by atoms with van der Waals surface area (Å²) in [5.41, 5.74) is 8.64. The van der Waals surface area contributed by atoms with Crippen LogP contribution in [0.1, 0.15) is 55.5 Å². The predicted octanol–water partition coefficient (Wildman–Crippen LogP) is 8.54. The van der Waals surface area contributed by atoms with Gasteiger partial charge < -0.3 is 5.32 Å². The molecule has 0 aromatic heterocycles. The highest BCUT2D eigenvalue weighted by Crippen LogP contribution is 2.25. The van der Waals surface area contributed by atoms with Crippen molar-refractivity contribution >= 4 is 17.3 Å². The Kier molecular flexibility index (Phi) is 8.11. The molecule has 32 heavy (non-hydrogen) atoms. The molecule has 1 nitrogen and oxygen atoms in total. The van der Waals surface area contributed by atoms with Gasteiger partial charge in [-0.1, -0.05) is 118 Å². The van der Waals surface area contributed by atoms with Gasteiger partial charge in [-0.15, -0.1) is 0 Å². The summed E-state index contributed by atoms with van der Waals surface area (Å²) >= 11 is 0. The fraction of sp³-hybridized carbons (Fsp3) is 0.290. The monoisotopic (exact) mass is 423 g/mol. The van der Waals surface area contributed by atoms with E-state index in [-0.39, 0.29) is 0 Å². The lowest BCUT2D eigenvalue weighted by molar-refractivity contribution is 0.413. The first-order valence-electron chi connectivity index (χ1n) is 11.7. The van der Waals surface area contributed by atoms with E-state index in [0.717, 1.165) is 0 Å². The maximum absolute atomic E-state index is 3.70. The fourth-order valence-electron chi connectivity index (χ4n) is 4.07. The van der Waals surface area contributed by atoms with E-state index in [1.807, 2.05) is 0 Å². The summed E-state index contributed by atoms with van der Waals surface area (Å²) in [5.74, 6) is 1.20. The third kappa shape index (κ3) is 6.47. The maximum atomic E-state index is 3.70. The van der Waals surface area contributed by atoms with E-state index >= 15 is 0 Å². The summed E-state index contributed by atoms with van der Waals surface area (Å²) in [6.45, 7) is 13.4. The fourth-order valence-corrected chi connectivity index (χ4v) is 4.07. The molecular formula is C31H37N. The average molecular weight is 424 g/mol. The van der Waals surface area contributed by atoms with Crippen LogP contribution in [-0.2, 0) is 0 Å². The number of nitrogens with one attached hydrogen (secondary N) is 1. The third-order valence-electron chi connectivity index (χ3n) is 5.96. The summed E-state index contributed by atoms with van der Waals surface area (Å²) in [6.07, 6.45) is 6.55. The van der Waals surface area contributed by atoms with Gasteiger partial charge in [-0.05, 0) is 60.1 Å². The zero-order valence-electron chi connectivity index (χ0n) is 20.4. The summed E-state index contributed by atoms with van der Waals surface area (Å²) in [5, 5.41) is 3.70. The molecule has 3 aromatic rings. The first kappa shape index (κ1) is 23.6. The second-order valence-corrected chi connectivity index (χ2v) is 9.45. The van der Waals surface area contributed by atoms with E-state index in [4.69, 9.17) is 0 Å². The highest BCUT2D eigenvalue weighted by Gasteiger charge is 2.16. The first-order valence-corrected chi connectivity index (χ1v) is 11.7. The van der Waals surface area contributed by atoms with Gasteiger partial charge in [-0.3, -0.25) is 0 Å². The van der Waals surface area contributed by atoms with Crippen LogP contribution in [-0.4, -0.2) is 6.04 Å². The quantitative estimate of drug-likeness (QED) is 0.358. The Bertz CT molecular complexity index is 978. The van der Waals surface area contributed by atoms with Crippen LogP contribution in [0.3, 0.4) is 0 Å². The number of rotatable bonds is 8. The van der Waals surface area contributed by atoms with Crippen molar-refractivity contribution in [2.24, 2.45) is 11.8 Å². The Morgan fingerprint density at radius 1 is 0.656 bits per heavy atom. The van der Waals surface area contributed by atoms with E-state index in [1.54, 1.807) is 0 Å². The molecule has 0 spiro atoms. The lowest BCUT2D eigenvalue weighted by Gasteiger charge is -2.27. The van der Waals surface area contributed by atoms with Gasteiger partial charge in [0.25, 0.3) is 0 Å². The Labute approximate surface area is 194 Å². The molecule has 3 aromatic carbocycles. The molecule has 0 saturated carbocycles. The zero-order valence-corrected chi connectivity index (χ0v) is 20.4. The summed E-state index contributed by atoms with van der Waals surface area (Å²) < 4.78 is 0. The Morgan fingerprint density at radius 3 is 1.56 bits per heavy atom. The molecule has 0 aliphatic carbocycles. The molecular weight excluding hydrogens is 386 g/mol. The standard InChI is InChI=1S/C31H37N/c1-22(2)31(23(3)4)32-29-20-14-26(15-21-29)8-7-9-30(27-16-10-24(5)11-17-27)28-18-12-25(6)13-19-28/h7-23,31-32H,1-6H3/b8-7+. The van der Waals surface area contributed by atoms with Crippen LogP contribution in [0, 0.1) is 25.7 Å². The van der Waals surface area contributed by atoms with Crippen molar-refractivity contribution in [3.63, 3.8) is 0 Å². The molecule has 0 aliphatic heterocycles.